The van der Waals surface area contributed by atoms with Crippen molar-refractivity contribution in [3.63, 3.8) is 0 Å². The number of hydrogen-bond donors (Lipinski definition) is 1. The fourth-order valence-corrected chi connectivity index (χ4v) is 2.93. The van der Waals surface area contributed by atoms with Gasteiger partial charge in [-0.05, 0) is 49.4 Å². The molecule has 0 aliphatic rings. The average Bonchev–Trinajstić information content (AvgIpc) is 2.71. The molecule has 0 saturated carbocycles. The van der Waals surface area contributed by atoms with Crippen LogP contribution in [0.25, 0.3) is 16.6 Å². The third-order valence-corrected chi connectivity index (χ3v) is 4.34. The summed E-state index contributed by atoms with van der Waals surface area (Å²) in [6, 6.07) is 10.5. The van der Waals surface area contributed by atoms with E-state index in [0.29, 0.717) is 28.5 Å². The summed E-state index contributed by atoms with van der Waals surface area (Å²) in [6.45, 7) is 1.75. The Morgan fingerprint density at radius 2 is 1.76 bits per heavy atom. The van der Waals surface area contributed by atoms with E-state index in [1.54, 1.807) is 23.6 Å². The summed E-state index contributed by atoms with van der Waals surface area (Å²) in [5.74, 6) is 0.120. The number of aryl methyl sites for hydroxylation is 1. The van der Waals surface area contributed by atoms with Gasteiger partial charge in [-0.1, -0.05) is 0 Å². The number of nitrogens with two attached hydrogens (primary N) is 1. The molecule has 0 saturated heterocycles. The zero-order valence-corrected chi connectivity index (χ0v) is 15.3. The monoisotopic (exact) mass is 390 g/mol. The number of ether oxygens (including phenoxy) is 1. The Morgan fingerprint density at radius 3 is 2.41 bits per heavy atom. The van der Waals surface area contributed by atoms with Gasteiger partial charge in [0, 0.05) is 11.9 Å². The lowest BCUT2D eigenvalue weighted by Gasteiger charge is -2.14. The van der Waals surface area contributed by atoms with Gasteiger partial charge in [0.2, 0.25) is 5.43 Å². The molecule has 4 rings (SSSR count). The molecule has 1 amide bonds. The molecular formula is C21H15FN4O3. The number of carbonyl (C=O) groups is 1. The van der Waals surface area contributed by atoms with Crippen LogP contribution < -0.4 is 15.9 Å². The fraction of sp³-hybridized carbons (Fsp3) is 0.0476. The van der Waals surface area contributed by atoms with E-state index in [1.165, 1.54) is 48.9 Å². The van der Waals surface area contributed by atoms with Gasteiger partial charge in [-0.15, -0.1) is 0 Å². The molecule has 2 aromatic heterocycles. The molecule has 144 valence electrons. The number of fused-ring (bicyclic) bond motifs is 1. The number of benzene rings is 2. The molecule has 29 heavy (non-hydrogen) atoms. The molecule has 0 bridgehead atoms. The lowest BCUT2D eigenvalue weighted by atomic mass is 10.1. The molecule has 0 aliphatic carbocycles. The van der Waals surface area contributed by atoms with Crippen molar-refractivity contribution in [1.82, 2.24) is 14.5 Å². The predicted molar refractivity (Wildman–Crippen MR) is 105 cm³/mol. The number of halogens is 1. The largest absolute Gasteiger partial charge is 0.454 e. The molecule has 0 spiro atoms. The van der Waals surface area contributed by atoms with Crippen molar-refractivity contribution in [1.29, 1.82) is 0 Å². The Labute approximate surface area is 164 Å². The molecule has 0 fully saturated rings. The molecular weight excluding hydrogens is 375 g/mol. The first-order valence-electron chi connectivity index (χ1n) is 8.64. The number of amides is 1. The third-order valence-electron chi connectivity index (χ3n) is 4.34. The minimum Gasteiger partial charge on any atom is -0.454 e. The summed E-state index contributed by atoms with van der Waals surface area (Å²) >= 11 is 0. The predicted octanol–water partition coefficient (Wildman–Crippen LogP) is 3.12. The van der Waals surface area contributed by atoms with Crippen LogP contribution in [0.2, 0.25) is 0 Å². The van der Waals surface area contributed by atoms with Gasteiger partial charge in [0.05, 0.1) is 23.3 Å². The number of nitrogens with zero attached hydrogens (tertiary/aromatic N) is 3. The minimum absolute atomic E-state index is 0.183. The van der Waals surface area contributed by atoms with Gasteiger partial charge < -0.3 is 15.0 Å². The van der Waals surface area contributed by atoms with Gasteiger partial charge in [-0.3, -0.25) is 9.59 Å². The highest BCUT2D eigenvalue weighted by Crippen LogP contribution is 2.25. The van der Waals surface area contributed by atoms with E-state index in [-0.39, 0.29) is 10.9 Å². The minimum atomic E-state index is -0.856. The number of rotatable bonds is 4. The third kappa shape index (κ3) is 3.55. The highest BCUT2D eigenvalue weighted by atomic mass is 19.1. The Bertz CT molecular complexity index is 1280. The van der Waals surface area contributed by atoms with Crippen molar-refractivity contribution in [2.24, 2.45) is 5.73 Å². The average molecular weight is 390 g/mol. The van der Waals surface area contributed by atoms with Gasteiger partial charge >= 0.3 is 0 Å². The highest BCUT2D eigenvalue weighted by molar-refractivity contribution is 5.97. The van der Waals surface area contributed by atoms with Crippen LogP contribution in [0.1, 0.15) is 16.2 Å². The van der Waals surface area contributed by atoms with E-state index in [9.17, 15) is 14.0 Å². The van der Waals surface area contributed by atoms with Crippen LogP contribution in [-0.2, 0) is 0 Å². The standard InChI is InChI=1S/C21H15FN4O3/c1-12-24-9-16(10-25-12)29-15-6-7-19-17(8-15)20(27)18(21(23)28)11-26(19)14-4-2-13(22)3-5-14/h2-11H,1H3,(H2,23,28). The maximum Gasteiger partial charge on any atom is 0.254 e. The Balaban J connectivity index is 1.89. The molecule has 2 N–H and O–H groups in total. The van der Waals surface area contributed by atoms with Gasteiger partial charge in [0.1, 0.15) is 23.0 Å². The van der Waals surface area contributed by atoms with E-state index >= 15 is 0 Å². The van der Waals surface area contributed by atoms with Gasteiger partial charge in [0.15, 0.2) is 5.75 Å². The second-order valence-corrected chi connectivity index (χ2v) is 6.33. The number of primary amides is 1. The molecule has 8 heteroatoms. The van der Waals surface area contributed by atoms with Crippen LogP contribution in [0.15, 0.2) is 65.8 Å². The normalized spacial score (nSPS) is 10.8. The van der Waals surface area contributed by atoms with E-state index in [2.05, 4.69) is 9.97 Å². The fourth-order valence-electron chi connectivity index (χ4n) is 2.93. The number of pyridine rings is 1. The first-order chi connectivity index (χ1) is 13.9. The topological polar surface area (TPSA) is 100 Å². The van der Waals surface area contributed by atoms with Crippen LogP contribution in [-0.4, -0.2) is 20.4 Å². The van der Waals surface area contributed by atoms with Crippen LogP contribution in [0, 0.1) is 12.7 Å². The maximum absolute atomic E-state index is 13.3. The molecule has 0 radical (unpaired) electrons. The van der Waals surface area contributed by atoms with Crippen molar-refractivity contribution >= 4 is 16.8 Å². The number of aromatic nitrogens is 3. The second kappa shape index (κ2) is 7.16. The molecule has 0 atom stereocenters. The SMILES string of the molecule is Cc1ncc(Oc2ccc3c(c2)c(=O)c(C(N)=O)cn3-c2ccc(F)cc2)cn1. The Morgan fingerprint density at radius 1 is 1.07 bits per heavy atom. The van der Waals surface area contributed by atoms with Crippen LogP contribution in [0.3, 0.4) is 0 Å². The lowest BCUT2D eigenvalue weighted by molar-refractivity contribution is 0.0999. The maximum atomic E-state index is 13.3. The van der Waals surface area contributed by atoms with Gasteiger partial charge in [0.25, 0.3) is 5.91 Å². The molecule has 4 aromatic rings. The zero-order chi connectivity index (χ0) is 20.5. The summed E-state index contributed by atoms with van der Waals surface area (Å²) in [5.41, 5.74) is 5.77. The van der Waals surface area contributed by atoms with Crippen molar-refractivity contribution in [3.05, 3.63) is 88.5 Å². The summed E-state index contributed by atoms with van der Waals surface area (Å²) in [4.78, 5) is 32.7. The van der Waals surface area contributed by atoms with Gasteiger partial charge in [-0.25, -0.2) is 14.4 Å². The lowest BCUT2D eigenvalue weighted by Crippen LogP contribution is -2.23. The van der Waals surface area contributed by atoms with E-state index in [0.717, 1.165) is 0 Å². The summed E-state index contributed by atoms with van der Waals surface area (Å²) < 4.78 is 20.6. The van der Waals surface area contributed by atoms with E-state index in [1.807, 2.05) is 0 Å². The van der Waals surface area contributed by atoms with E-state index < -0.39 is 17.2 Å². The van der Waals surface area contributed by atoms with Crippen LogP contribution in [0.4, 0.5) is 4.39 Å². The number of carbonyl (C=O) groups excluding carboxylic acids is 1. The summed E-state index contributed by atoms with van der Waals surface area (Å²) in [7, 11) is 0. The summed E-state index contributed by atoms with van der Waals surface area (Å²) in [6.07, 6.45) is 4.39. The number of hydrogen-bond acceptors (Lipinski definition) is 5. The van der Waals surface area contributed by atoms with Crippen LogP contribution >= 0.6 is 0 Å². The van der Waals surface area contributed by atoms with Crippen molar-refractivity contribution in [2.75, 3.05) is 0 Å². The second-order valence-electron chi connectivity index (χ2n) is 6.33. The Kier molecular flexibility index (Phi) is 4.52. The zero-order valence-electron chi connectivity index (χ0n) is 15.3. The van der Waals surface area contributed by atoms with E-state index in [4.69, 9.17) is 10.5 Å². The first-order valence-corrected chi connectivity index (χ1v) is 8.64. The molecule has 0 aliphatic heterocycles. The van der Waals surface area contributed by atoms with Crippen molar-refractivity contribution < 1.29 is 13.9 Å². The smallest absolute Gasteiger partial charge is 0.254 e. The van der Waals surface area contributed by atoms with Crippen molar-refractivity contribution in [3.8, 4) is 17.2 Å². The molecule has 0 unspecified atom stereocenters. The molecule has 2 heterocycles. The molecule has 7 nitrogen and oxygen atoms in total. The Hall–Kier alpha value is -4.07. The van der Waals surface area contributed by atoms with Gasteiger partial charge in [-0.2, -0.15) is 0 Å². The van der Waals surface area contributed by atoms with Crippen molar-refractivity contribution in [2.45, 2.75) is 6.92 Å². The van der Waals surface area contributed by atoms with Crippen LogP contribution in [0.5, 0.6) is 11.5 Å². The quantitative estimate of drug-likeness (QED) is 0.577. The summed E-state index contributed by atoms with van der Waals surface area (Å²) in [5, 5.41) is 0.233. The highest BCUT2D eigenvalue weighted by Gasteiger charge is 2.15. The first kappa shape index (κ1) is 18.3. The molecule has 2 aromatic carbocycles.